The molecule has 0 aliphatic rings. The Morgan fingerprint density at radius 3 is 2.41 bits per heavy atom. The van der Waals surface area contributed by atoms with Gasteiger partial charge in [-0.05, 0) is 30.5 Å². The van der Waals surface area contributed by atoms with Crippen molar-refractivity contribution < 1.29 is 4.79 Å². The fraction of sp³-hybridized carbons (Fsp3) is 0.500. The minimum Gasteiger partial charge on any atom is -0.366 e. The molecule has 1 rings (SSSR count). The molecule has 3 heteroatoms. The second-order valence-corrected chi connectivity index (χ2v) is 4.34. The summed E-state index contributed by atoms with van der Waals surface area (Å²) in [4.78, 5) is 10.9. The molecule has 0 aromatic heterocycles. The fourth-order valence-corrected chi connectivity index (χ4v) is 1.85. The van der Waals surface area contributed by atoms with Gasteiger partial charge in [-0.3, -0.25) is 4.79 Å². The molecule has 0 saturated carbocycles. The van der Waals surface area contributed by atoms with Crippen LogP contribution in [0, 0.1) is 0 Å². The van der Waals surface area contributed by atoms with Gasteiger partial charge in [-0.2, -0.15) is 0 Å². The molecule has 1 aromatic carbocycles. The van der Waals surface area contributed by atoms with Gasteiger partial charge in [-0.25, -0.2) is 0 Å². The van der Waals surface area contributed by atoms with E-state index in [0.29, 0.717) is 11.6 Å². The lowest BCUT2D eigenvalue weighted by atomic mass is 10.1. The number of nitrogens with two attached hydrogens (primary N) is 1. The lowest BCUT2D eigenvalue weighted by Crippen LogP contribution is -2.27. The van der Waals surface area contributed by atoms with Crippen LogP contribution in [-0.4, -0.2) is 11.9 Å². The third-order valence-electron chi connectivity index (χ3n) is 2.96. The van der Waals surface area contributed by atoms with Gasteiger partial charge in [0.05, 0.1) is 0 Å². The Balaban J connectivity index is 2.48. The first-order chi connectivity index (χ1) is 8.17. The minimum absolute atomic E-state index is 0.373. The predicted octanol–water partition coefficient (Wildman–Crippen LogP) is 2.45. The summed E-state index contributed by atoms with van der Waals surface area (Å²) >= 11 is 0. The van der Waals surface area contributed by atoms with Crippen LogP contribution in [0.3, 0.4) is 0 Å². The van der Waals surface area contributed by atoms with Crippen molar-refractivity contribution in [1.29, 1.82) is 0 Å². The molecule has 0 bridgehead atoms. The first kappa shape index (κ1) is 13.7. The lowest BCUT2D eigenvalue weighted by molar-refractivity contribution is 0.100. The van der Waals surface area contributed by atoms with Crippen molar-refractivity contribution in [3.63, 3.8) is 0 Å². The van der Waals surface area contributed by atoms with Crippen LogP contribution in [0.25, 0.3) is 0 Å². The average molecular weight is 234 g/mol. The number of carbonyl (C=O) groups excluding carboxylic acids is 1. The van der Waals surface area contributed by atoms with Crippen LogP contribution in [0.5, 0.6) is 0 Å². The maximum Gasteiger partial charge on any atom is 0.248 e. The summed E-state index contributed by atoms with van der Waals surface area (Å²) in [5.74, 6) is -0.373. The quantitative estimate of drug-likeness (QED) is 0.761. The fourth-order valence-electron chi connectivity index (χ4n) is 1.85. The van der Waals surface area contributed by atoms with E-state index in [1.165, 1.54) is 18.4 Å². The Labute approximate surface area is 103 Å². The molecule has 94 valence electrons. The SMILES string of the molecule is CCCC(CC)NCc1ccc(C(N)=O)cc1. The zero-order chi connectivity index (χ0) is 12.7. The van der Waals surface area contributed by atoms with E-state index in [9.17, 15) is 4.79 Å². The van der Waals surface area contributed by atoms with Crippen molar-refractivity contribution >= 4 is 5.91 Å². The van der Waals surface area contributed by atoms with Crippen molar-refractivity contribution in [3.8, 4) is 0 Å². The van der Waals surface area contributed by atoms with Crippen molar-refractivity contribution in [1.82, 2.24) is 5.32 Å². The number of rotatable bonds is 7. The van der Waals surface area contributed by atoms with Crippen LogP contribution in [0.15, 0.2) is 24.3 Å². The van der Waals surface area contributed by atoms with Crippen LogP contribution < -0.4 is 11.1 Å². The Kier molecular flexibility index (Phi) is 5.70. The third kappa shape index (κ3) is 4.57. The van der Waals surface area contributed by atoms with Crippen molar-refractivity contribution in [2.75, 3.05) is 0 Å². The minimum atomic E-state index is -0.373. The number of hydrogen-bond donors (Lipinski definition) is 2. The highest BCUT2D eigenvalue weighted by atomic mass is 16.1. The summed E-state index contributed by atoms with van der Waals surface area (Å²) in [6, 6.07) is 8.04. The summed E-state index contributed by atoms with van der Waals surface area (Å²) in [5.41, 5.74) is 6.94. The highest BCUT2D eigenvalue weighted by molar-refractivity contribution is 5.92. The second kappa shape index (κ2) is 7.07. The summed E-state index contributed by atoms with van der Waals surface area (Å²) in [6.07, 6.45) is 3.55. The van der Waals surface area contributed by atoms with Gasteiger partial charge in [0.15, 0.2) is 0 Å². The largest absolute Gasteiger partial charge is 0.366 e. The Morgan fingerprint density at radius 1 is 1.29 bits per heavy atom. The number of benzene rings is 1. The van der Waals surface area contributed by atoms with Gasteiger partial charge in [0.25, 0.3) is 0 Å². The van der Waals surface area contributed by atoms with E-state index in [2.05, 4.69) is 19.2 Å². The molecule has 0 radical (unpaired) electrons. The highest BCUT2D eigenvalue weighted by Gasteiger charge is 2.04. The van der Waals surface area contributed by atoms with Crippen LogP contribution in [0.1, 0.15) is 49.0 Å². The number of amides is 1. The first-order valence-corrected chi connectivity index (χ1v) is 6.29. The Morgan fingerprint density at radius 2 is 1.94 bits per heavy atom. The summed E-state index contributed by atoms with van der Waals surface area (Å²) in [7, 11) is 0. The Hall–Kier alpha value is -1.35. The van der Waals surface area contributed by atoms with Crippen LogP contribution >= 0.6 is 0 Å². The van der Waals surface area contributed by atoms with Gasteiger partial charge >= 0.3 is 0 Å². The lowest BCUT2D eigenvalue weighted by Gasteiger charge is -2.16. The van der Waals surface area contributed by atoms with Crippen molar-refractivity contribution in [2.45, 2.75) is 45.7 Å². The molecule has 1 atom stereocenters. The number of hydrogen-bond acceptors (Lipinski definition) is 2. The Bertz CT molecular complexity index is 346. The number of carbonyl (C=O) groups is 1. The van der Waals surface area contributed by atoms with Gasteiger partial charge in [-0.1, -0.05) is 32.4 Å². The van der Waals surface area contributed by atoms with Crippen molar-refractivity contribution in [2.24, 2.45) is 5.73 Å². The molecule has 0 heterocycles. The molecule has 0 aliphatic carbocycles. The van der Waals surface area contributed by atoms with Gasteiger partial charge in [0, 0.05) is 18.2 Å². The summed E-state index contributed by atoms with van der Waals surface area (Å²) < 4.78 is 0. The van der Waals surface area contributed by atoms with Crippen LogP contribution in [0.2, 0.25) is 0 Å². The first-order valence-electron chi connectivity index (χ1n) is 6.29. The molecule has 0 fully saturated rings. The molecule has 0 spiro atoms. The zero-order valence-corrected chi connectivity index (χ0v) is 10.7. The third-order valence-corrected chi connectivity index (χ3v) is 2.96. The second-order valence-electron chi connectivity index (χ2n) is 4.34. The van der Waals surface area contributed by atoms with E-state index in [4.69, 9.17) is 5.73 Å². The van der Waals surface area contributed by atoms with E-state index in [1.54, 1.807) is 12.1 Å². The topological polar surface area (TPSA) is 55.1 Å². The van der Waals surface area contributed by atoms with Crippen LogP contribution in [0.4, 0.5) is 0 Å². The van der Waals surface area contributed by atoms with Crippen LogP contribution in [-0.2, 0) is 6.54 Å². The van der Waals surface area contributed by atoms with E-state index < -0.39 is 0 Å². The molecular weight excluding hydrogens is 212 g/mol. The number of nitrogens with one attached hydrogen (secondary N) is 1. The van der Waals surface area contributed by atoms with E-state index in [0.717, 1.165) is 13.0 Å². The van der Waals surface area contributed by atoms with Gasteiger partial charge in [0.1, 0.15) is 0 Å². The maximum atomic E-state index is 10.9. The van der Waals surface area contributed by atoms with E-state index >= 15 is 0 Å². The molecule has 0 saturated heterocycles. The standard InChI is InChI=1S/C14H22N2O/c1-3-5-13(4-2)16-10-11-6-8-12(9-7-11)14(15)17/h6-9,13,16H,3-5,10H2,1-2H3,(H2,15,17). The van der Waals surface area contributed by atoms with E-state index in [-0.39, 0.29) is 5.91 Å². The van der Waals surface area contributed by atoms with E-state index in [1.807, 2.05) is 12.1 Å². The smallest absolute Gasteiger partial charge is 0.248 e. The average Bonchev–Trinajstić information content (AvgIpc) is 2.35. The molecular formula is C14H22N2O. The number of primary amides is 1. The van der Waals surface area contributed by atoms with Gasteiger partial charge < -0.3 is 11.1 Å². The summed E-state index contributed by atoms with van der Waals surface area (Å²) in [6.45, 7) is 5.24. The molecule has 3 N–H and O–H groups in total. The van der Waals surface area contributed by atoms with Gasteiger partial charge in [0.2, 0.25) is 5.91 Å². The zero-order valence-electron chi connectivity index (χ0n) is 10.7. The molecule has 0 aliphatic heterocycles. The highest BCUT2D eigenvalue weighted by Crippen LogP contribution is 2.06. The molecule has 3 nitrogen and oxygen atoms in total. The molecule has 1 aromatic rings. The summed E-state index contributed by atoms with van der Waals surface area (Å²) in [5, 5.41) is 3.52. The molecule has 17 heavy (non-hydrogen) atoms. The predicted molar refractivity (Wildman–Crippen MR) is 70.8 cm³/mol. The van der Waals surface area contributed by atoms with Crippen molar-refractivity contribution in [3.05, 3.63) is 35.4 Å². The normalized spacial score (nSPS) is 12.4. The molecule has 1 amide bonds. The maximum absolute atomic E-state index is 10.9. The monoisotopic (exact) mass is 234 g/mol. The molecule has 1 unspecified atom stereocenters. The van der Waals surface area contributed by atoms with Gasteiger partial charge in [-0.15, -0.1) is 0 Å².